The van der Waals surface area contributed by atoms with Crippen molar-refractivity contribution in [3.05, 3.63) is 18.0 Å². The Morgan fingerprint density at radius 2 is 2.28 bits per heavy atom. The van der Waals surface area contributed by atoms with E-state index < -0.39 is 0 Å². The van der Waals surface area contributed by atoms with Crippen LogP contribution < -0.4 is 10.6 Å². The van der Waals surface area contributed by atoms with Gasteiger partial charge in [-0.05, 0) is 19.8 Å². The van der Waals surface area contributed by atoms with E-state index in [0.29, 0.717) is 19.2 Å². The van der Waals surface area contributed by atoms with Gasteiger partial charge in [-0.1, -0.05) is 0 Å². The molecule has 0 bridgehead atoms. The summed E-state index contributed by atoms with van der Waals surface area (Å²) < 4.78 is 7.64. The Balaban J connectivity index is 0.00000225. The molecule has 0 radical (unpaired) electrons. The quantitative estimate of drug-likeness (QED) is 0.382. The molecule has 1 amide bonds. The van der Waals surface area contributed by atoms with Crippen LogP contribution in [0.3, 0.4) is 0 Å². The van der Waals surface area contributed by atoms with E-state index in [1.807, 2.05) is 26.4 Å². The largest absolute Gasteiger partial charge is 0.370 e. The van der Waals surface area contributed by atoms with Crippen LogP contribution in [0.25, 0.3) is 0 Å². The van der Waals surface area contributed by atoms with E-state index in [-0.39, 0.29) is 42.5 Å². The number of hydrogen-bond donors (Lipinski definition) is 2. The second-order valence-electron chi connectivity index (χ2n) is 6.26. The number of hydrogen-bond acceptors (Lipinski definition) is 4. The van der Waals surface area contributed by atoms with Gasteiger partial charge in [-0.15, -0.1) is 24.0 Å². The summed E-state index contributed by atoms with van der Waals surface area (Å²) in [6.07, 6.45) is 5.96. The summed E-state index contributed by atoms with van der Waals surface area (Å²) >= 11 is 0. The van der Waals surface area contributed by atoms with Gasteiger partial charge in [-0.3, -0.25) is 9.48 Å². The number of morpholine rings is 1. The van der Waals surface area contributed by atoms with E-state index >= 15 is 0 Å². The summed E-state index contributed by atoms with van der Waals surface area (Å²) in [7, 11) is 1.90. The van der Waals surface area contributed by atoms with Crippen molar-refractivity contribution < 1.29 is 9.53 Å². The van der Waals surface area contributed by atoms with Crippen LogP contribution in [-0.2, 0) is 16.6 Å². The number of amides is 1. The number of aromatic nitrogens is 2. The smallest absolute Gasteiger partial charge is 0.242 e. The van der Waals surface area contributed by atoms with Crippen molar-refractivity contribution in [3.8, 4) is 0 Å². The summed E-state index contributed by atoms with van der Waals surface area (Å²) in [6.45, 7) is 5.03. The highest BCUT2D eigenvalue weighted by molar-refractivity contribution is 14.0. The zero-order valence-electron chi connectivity index (χ0n) is 14.8. The van der Waals surface area contributed by atoms with Crippen molar-refractivity contribution >= 4 is 35.8 Å². The maximum Gasteiger partial charge on any atom is 0.242 e. The third-order valence-electron chi connectivity index (χ3n) is 4.11. The maximum absolute atomic E-state index is 11.9. The second-order valence-corrected chi connectivity index (χ2v) is 6.26. The maximum atomic E-state index is 11.9. The number of halogens is 1. The fourth-order valence-electron chi connectivity index (χ4n) is 2.72. The van der Waals surface area contributed by atoms with Crippen molar-refractivity contribution in [1.29, 1.82) is 0 Å². The standard InChI is InChI=1S/C16H26N6O2.HI/c1-3-17-16(18-9-15(23)20-13-4-5-13)22-6-7-24-14(11-22)12-8-19-21(2)10-12;/h8,10,13-14H,3-7,9,11H2,1-2H3,(H,17,18)(H,20,23);1H. The van der Waals surface area contributed by atoms with Gasteiger partial charge in [0, 0.05) is 37.9 Å². The molecule has 3 rings (SSSR count). The number of aryl methyl sites for hydroxylation is 1. The number of ether oxygens (including phenoxy) is 1. The van der Waals surface area contributed by atoms with Crippen molar-refractivity contribution in [2.45, 2.75) is 31.9 Å². The average Bonchev–Trinajstić information content (AvgIpc) is 3.29. The van der Waals surface area contributed by atoms with Gasteiger partial charge in [-0.2, -0.15) is 5.10 Å². The van der Waals surface area contributed by atoms with E-state index in [0.717, 1.165) is 37.5 Å². The topological polar surface area (TPSA) is 83.8 Å². The van der Waals surface area contributed by atoms with Crippen LogP contribution in [0.5, 0.6) is 0 Å². The molecule has 0 aromatic carbocycles. The molecule has 140 valence electrons. The van der Waals surface area contributed by atoms with Crippen LogP contribution in [0.4, 0.5) is 0 Å². The van der Waals surface area contributed by atoms with Gasteiger partial charge in [0.05, 0.1) is 19.3 Å². The highest BCUT2D eigenvalue weighted by Crippen LogP contribution is 2.21. The Morgan fingerprint density at radius 1 is 1.48 bits per heavy atom. The lowest BCUT2D eigenvalue weighted by atomic mass is 10.1. The fourth-order valence-corrected chi connectivity index (χ4v) is 2.72. The lowest BCUT2D eigenvalue weighted by Gasteiger charge is -2.34. The molecule has 25 heavy (non-hydrogen) atoms. The zero-order valence-corrected chi connectivity index (χ0v) is 17.1. The number of aliphatic imine (C=N–C) groups is 1. The molecule has 9 heteroatoms. The molecule has 2 N–H and O–H groups in total. The van der Waals surface area contributed by atoms with Gasteiger partial charge < -0.3 is 20.3 Å². The molecule has 1 saturated carbocycles. The van der Waals surface area contributed by atoms with Crippen LogP contribution in [0.2, 0.25) is 0 Å². The molecular formula is C16H27IN6O2. The summed E-state index contributed by atoms with van der Waals surface area (Å²) in [6, 6.07) is 0.369. The number of carbonyl (C=O) groups excluding carboxylic acids is 1. The molecule has 0 spiro atoms. The first kappa shape index (κ1) is 20.0. The molecule has 1 saturated heterocycles. The molecule has 1 atom stereocenters. The highest BCUT2D eigenvalue weighted by atomic mass is 127. The number of rotatable bonds is 5. The van der Waals surface area contributed by atoms with E-state index in [9.17, 15) is 4.79 Å². The molecule has 8 nitrogen and oxygen atoms in total. The first-order valence-corrected chi connectivity index (χ1v) is 8.58. The Kier molecular flexibility index (Phi) is 7.48. The lowest BCUT2D eigenvalue weighted by Crippen LogP contribution is -2.48. The normalized spacial score (nSPS) is 20.8. The molecule has 2 heterocycles. The molecule has 2 aliphatic rings. The summed E-state index contributed by atoms with van der Waals surface area (Å²) in [5, 5.41) is 10.4. The zero-order chi connectivity index (χ0) is 16.9. The Morgan fingerprint density at radius 3 is 2.92 bits per heavy atom. The van der Waals surface area contributed by atoms with Gasteiger partial charge >= 0.3 is 0 Å². The summed E-state index contributed by atoms with van der Waals surface area (Å²) in [5.74, 6) is 0.755. The summed E-state index contributed by atoms with van der Waals surface area (Å²) in [4.78, 5) is 18.5. The predicted molar refractivity (Wildman–Crippen MR) is 106 cm³/mol. The molecule has 1 aromatic rings. The minimum atomic E-state index is -0.0309. The number of nitrogens with one attached hydrogen (secondary N) is 2. The SMILES string of the molecule is CCNC(=NCC(=O)NC1CC1)N1CCOC(c2cnn(C)c2)C1.I. The van der Waals surface area contributed by atoms with Crippen LogP contribution in [0.1, 0.15) is 31.4 Å². The van der Waals surface area contributed by atoms with Crippen molar-refractivity contribution in [3.63, 3.8) is 0 Å². The molecule has 1 aliphatic heterocycles. The first-order chi connectivity index (χ1) is 11.7. The van der Waals surface area contributed by atoms with Gasteiger partial charge in [0.1, 0.15) is 12.6 Å². The van der Waals surface area contributed by atoms with E-state index in [2.05, 4.69) is 25.6 Å². The fraction of sp³-hybridized carbons (Fsp3) is 0.688. The third-order valence-corrected chi connectivity index (χ3v) is 4.11. The van der Waals surface area contributed by atoms with Crippen molar-refractivity contribution in [1.82, 2.24) is 25.3 Å². The minimum absolute atomic E-state index is 0. The van der Waals surface area contributed by atoms with E-state index in [1.165, 1.54) is 0 Å². The lowest BCUT2D eigenvalue weighted by molar-refractivity contribution is -0.119. The molecule has 2 fully saturated rings. The second kappa shape index (κ2) is 9.37. The molecule has 1 unspecified atom stereocenters. The van der Waals surface area contributed by atoms with Gasteiger partial charge in [0.25, 0.3) is 0 Å². The van der Waals surface area contributed by atoms with Crippen LogP contribution in [-0.4, -0.2) is 65.4 Å². The number of guanidine groups is 1. The minimum Gasteiger partial charge on any atom is -0.370 e. The Labute approximate surface area is 165 Å². The monoisotopic (exact) mass is 462 g/mol. The summed E-state index contributed by atoms with van der Waals surface area (Å²) in [5.41, 5.74) is 1.06. The molecule has 1 aromatic heterocycles. The van der Waals surface area contributed by atoms with Crippen molar-refractivity contribution in [2.75, 3.05) is 32.8 Å². The van der Waals surface area contributed by atoms with Crippen LogP contribution in [0, 0.1) is 0 Å². The van der Waals surface area contributed by atoms with E-state index in [1.54, 1.807) is 4.68 Å². The Bertz CT molecular complexity index is 601. The van der Waals surface area contributed by atoms with Gasteiger partial charge in [0.15, 0.2) is 5.96 Å². The Hall–Kier alpha value is -1.36. The van der Waals surface area contributed by atoms with Crippen molar-refractivity contribution in [2.24, 2.45) is 12.0 Å². The number of nitrogens with zero attached hydrogens (tertiary/aromatic N) is 4. The molecule has 1 aliphatic carbocycles. The number of carbonyl (C=O) groups is 1. The van der Waals surface area contributed by atoms with Crippen LogP contribution in [0.15, 0.2) is 17.4 Å². The molecular weight excluding hydrogens is 435 g/mol. The van der Waals surface area contributed by atoms with E-state index in [4.69, 9.17) is 4.74 Å². The first-order valence-electron chi connectivity index (χ1n) is 8.58. The predicted octanol–water partition coefficient (Wildman–Crippen LogP) is 0.656. The van der Waals surface area contributed by atoms with Crippen LogP contribution >= 0.6 is 24.0 Å². The average molecular weight is 462 g/mol. The van der Waals surface area contributed by atoms with Gasteiger partial charge in [-0.25, -0.2) is 4.99 Å². The van der Waals surface area contributed by atoms with Gasteiger partial charge in [0.2, 0.25) is 5.91 Å². The third kappa shape index (κ3) is 5.84. The highest BCUT2D eigenvalue weighted by Gasteiger charge is 2.26.